The number of thioether (sulfide) groups is 1. The first-order valence-corrected chi connectivity index (χ1v) is 8.22. The molecule has 2 atom stereocenters. The summed E-state index contributed by atoms with van der Waals surface area (Å²) in [6, 6.07) is 15.2. The van der Waals surface area contributed by atoms with Crippen LogP contribution in [0.2, 0.25) is 0 Å². The quantitative estimate of drug-likeness (QED) is 0.720. The van der Waals surface area contributed by atoms with Crippen molar-refractivity contribution in [2.75, 3.05) is 26.0 Å². The molecule has 2 nitrogen and oxygen atoms in total. The van der Waals surface area contributed by atoms with Gasteiger partial charge in [-0.1, -0.05) is 18.2 Å². The molecule has 0 saturated carbocycles. The highest BCUT2D eigenvalue weighted by Crippen LogP contribution is 2.56. The summed E-state index contributed by atoms with van der Waals surface area (Å²) in [4.78, 5) is 3.40. The van der Waals surface area contributed by atoms with E-state index in [-0.39, 0.29) is 5.37 Å². The summed E-state index contributed by atoms with van der Waals surface area (Å²) >= 11 is 8.71. The third kappa shape index (κ3) is 2.54. The van der Waals surface area contributed by atoms with Gasteiger partial charge in [-0.25, -0.2) is 0 Å². The molecular weight excluding hydrogens is 300 g/mol. The largest absolute Gasteiger partial charge is 0.378 e. The van der Waals surface area contributed by atoms with Gasteiger partial charge in [0.25, 0.3) is 0 Å². The molecule has 0 N–H and O–H groups in total. The fourth-order valence-corrected chi connectivity index (χ4v) is 4.61. The molecule has 110 valence electrons. The maximum atomic E-state index is 6.86. The van der Waals surface area contributed by atoms with Gasteiger partial charge in [-0.05, 0) is 42.4 Å². The lowest BCUT2D eigenvalue weighted by Gasteiger charge is -2.26. The molecule has 0 radical (unpaired) electrons. The Balaban J connectivity index is 1.97. The van der Waals surface area contributed by atoms with Gasteiger partial charge in [0.1, 0.15) is 0 Å². The summed E-state index contributed by atoms with van der Waals surface area (Å²) in [5.41, 5.74) is 4.94. The maximum Gasteiger partial charge on any atom is 0.187 e. The van der Waals surface area contributed by atoms with Gasteiger partial charge in [-0.15, -0.1) is 0 Å². The number of anilines is 1. The second-order valence-electron chi connectivity index (χ2n) is 5.89. The van der Waals surface area contributed by atoms with Crippen molar-refractivity contribution < 1.29 is 0 Å². The van der Waals surface area contributed by atoms with E-state index in [0.29, 0.717) is 4.00 Å². The molecule has 21 heavy (non-hydrogen) atoms. The lowest BCUT2D eigenvalue weighted by Crippen LogP contribution is -2.33. The van der Waals surface area contributed by atoms with Crippen LogP contribution in [0.5, 0.6) is 0 Å². The number of rotatable bonds is 2. The number of benzene rings is 2. The zero-order valence-electron chi connectivity index (χ0n) is 12.8. The van der Waals surface area contributed by atoms with Crippen LogP contribution in [-0.2, 0) is 0 Å². The lowest BCUT2D eigenvalue weighted by atomic mass is 10.1. The Morgan fingerprint density at radius 2 is 1.76 bits per heavy atom. The van der Waals surface area contributed by atoms with Crippen LogP contribution in [0.3, 0.4) is 0 Å². The Hall–Kier alpha value is -1.16. The van der Waals surface area contributed by atoms with Gasteiger partial charge in [0.05, 0.1) is 11.9 Å². The SMILES string of the molecule is Cc1ccc2c(c1)SC(c1ccc(N(C)C)cc1)[N+]2(C)Cl. The molecule has 0 aromatic heterocycles. The van der Waals surface area contributed by atoms with Gasteiger partial charge in [0, 0.05) is 31.4 Å². The van der Waals surface area contributed by atoms with E-state index in [1.54, 1.807) is 0 Å². The predicted octanol–water partition coefficient (Wildman–Crippen LogP) is 4.96. The average Bonchev–Trinajstić information content (AvgIpc) is 2.70. The monoisotopic (exact) mass is 319 g/mol. The van der Waals surface area contributed by atoms with Gasteiger partial charge in [0.15, 0.2) is 22.8 Å². The van der Waals surface area contributed by atoms with E-state index in [2.05, 4.69) is 75.4 Å². The molecule has 0 amide bonds. The molecule has 1 aliphatic rings. The van der Waals surface area contributed by atoms with Crippen LogP contribution in [0.15, 0.2) is 47.4 Å². The summed E-state index contributed by atoms with van der Waals surface area (Å²) in [5.74, 6) is 0. The first-order valence-electron chi connectivity index (χ1n) is 7.00. The molecule has 1 aliphatic heterocycles. The zero-order valence-corrected chi connectivity index (χ0v) is 14.4. The Labute approximate surface area is 136 Å². The third-order valence-corrected chi connectivity index (χ3v) is 5.95. The number of halogens is 1. The minimum Gasteiger partial charge on any atom is -0.378 e. The second-order valence-corrected chi connectivity index (χ2v) is 7.71. The van der Waals surface area contributed by atoms with Crippen molar-refractivity contribution in [2.45, 2.75) is 17.2 Å². The molecule has 3 rings (SSSR count). The van der Waals surface area contributed by atoms with Crippen LogP contribution in [-0.4, -0.2) is 21.1 Å². The number of hydrogen-bond acceptors (Lipinski definition) is 2. The smallest absolute Gasteiger partial charge is 0.187 e. The molecular formula is C17H20ClN2S+. The fourth-order valence-electron chi connectivity index (χ4n) is 2.71. The summed E-state index contributed by atoms with van der Waals surface area (Å²) in [6.45, 7) is 2.12. The molecule has 4 heteroatoms. The summed E-state index contributed by atoms with van der Waals surface area (Å²) in [6.07, 6.45) is 0. The molecule has 0 fully saturated rings. The van der Waals surface area contributed by atoms with E-state index >= 15 is 0 Å². The van der Waals surface area contributed by atoms with Crippen molar-refractivity contribution in [3.05, 3.63) is 53.6 Å². The molecule has 2 aromatic carbocycles. The topological polar surface area (TPSA) is 3.24 Å². The molecule has 1 heterocycles. The molecule has 0 spiro atoms. The number of nitrogens with zero attached hydrogens (tertiary/aromatic N) is 2. The first kappa shape index (κ1) is 14.8. The lowest BCUT2D eigenvalue weighted by molar-refractivity contribution is 0.520. The van der Waals surface area contributed by atoms with Gasteiger partial charge < -0.3 is 4.90 Å². The molecule has 2 unspecified atom stereocenters. The van der Waals surface area contributed by atoms with Gasteiger partial charge in [0.2, 0.25) is 0 Å². The zero-order chi connectivity index (χ0) is 15.2. The summed E-state index contributed by atoms with van der Waals surface area (Å²) in [7, 11) is 6.18. The average molecular weight is 320 g/mol. The van der Waals surface area contributed by atoms with E-state index in [9.17, 15) is 0 Å². The van der Waals surface area contributed by atoms with E-state index in [0.717, 1.165) is 0 Å². The Bertz CT molecular complexity index is 665. The van der Waals surface area contributed by atoms with Crippen LogP contribution in [0, 0.1) is 6.92 Å². The standard InChI is InChI=1S/C17H20ClN2S/c1-12-5-10-15-16(11-12)21-17(20(15,4)18)13-6-8-14(9-7-13)19(2)3/h5-11,17H,1-4H3/q+1. The summed E-state index contributed by atoms with van der Waals surface area (Å²) in [5, 5.41) is 0.194. The van der Waals surface area contributed by atoms with Crippen LogP contribution in [0.25, 0.3) is 0 Å². The van der Waals surface area contributed by atoms with Crippen LogP contribution >= 0.6 is 23.5 Å². The minimum atomic E-state index is 0.194. The van der Waals surface area contributed by atoms with Gasteiger partial charge in [-0.2, -0.15) is 4.00 Å². The first-order chi connectivity index (χ1) is 9.89. The van der Waals surface area contributed by atoms with Crippen molar-refractivity contribution in [2.24, 2.45) is 0 Å². The van der Waals surface area contributed by atoms with E-state index in [1.807, 2.05) is 11.8 Å². The summed E-state index contributed by atoms with van der Waals surface area (Å²) < 4.78 is 0.377. The highest BCUT2D eigenvalue weighted by molar-refractivity contribution is 8.00. The van der Waals surface area contributed by atoms with E-state index in [1.165, 1.54) is 27.4 Å². The van der Waals surface area contributed by atoms with Crippen LogP contribution in [0.4, 0.5) is 11.4 Å². The highest BCUT2D eigenvalue weighted by atomic mass is 35.5. The maximum absolute atomic E-state index is 6.86. The van der Waals surface area contributed by atoms with Crippen LogP contribution in [0.1, 0.15) is 16.5 Å². The molecule has 0 bridgehead atoms. The third-order valence-electron chi connectivity index (χ3n) is 3.96. The van der Waals surface area contributed by atoms with E-state index in [4.69, 9.17) is 11.8 Å². The number of fused-ring (bicyclic) bond motifs is 1. The molecule has 2 aromatic rings. The van der Waals surface area contributed by atoms with Crippen molar-refractivity contribution in [3.63, 3.8) is 0 Å². The van der Waals surface area contributed by atoms with Crippen molar-refractivity contribution in [3.8, 4) is 0 Å². The predicted molar refractivity (Wildman–Crippen MR) is 94.1 cm³/mol. The van der Waals surface area contributed by atoms with Gasteiger partial charge >= 0.3 is 0 Å². The Morgan fingerprint density at radius 1 is 1.10 bits per heavy atom. The van der Waals surface area contributed by atoms with Gasteiger partial charge in [-0.3, -0.25) is 0 Å². The Kier molecular flexibility index (Phi) is 3.68. The molecule has 0 saturated heterocycles. The fraction of sp³-hybridized carbons (Fsp3) is 0.294. The highest BCUT2D eigenvalue weighted by Gasteiger charge is 2.45. The second kappa shape index (κ2) is 5.24. The number of aryl methyl sites for hydroxylation is 1. The minimum absolute atomic E-state index is 0.194. The molecule has 0 aliphatic carbocycles. The Morgan fingerprint density at radius 3 is 2.38 bits per heavy atom. The van der Waals surface area contributed by atoms with Crippen molar-refractivity contribution in [1.82, 2.24) is 4.00 Å². The van der Waals surface area contributed by atoms with E-state index < -0.39 is 0 Å². The van der Waals surface area contributed by atoms with Crippen molar-refractivity contribution >= 4 is 34.9 Å². The van der Waals surface area contributed by atoms with Crippen molar-refractivity contribution in [1.29, 1.82) is 0 Å². The van der Waals surface area contributed by atoms with Crippen LogP contribution < -0.4 is 8.90 Å². The number of hydrogen-bond donors (Lipinski definition) is 0. The normalized spacial score (nSPS) is 24.0. The number of quaternary nitrogens is 1.